The first kappa shape index (κ1) is 15.2. The highest BCUT2D eigenvalue weighted by Gasteiger charge is 2.24. The fraction of sp³-hybridized carbons (Fsp3) is 0.688. The normalized spacial score (nSPS) is 23.2. The van der Waals surface area contributed by atoms with E-state index in [4.69, 9.17) is 14.7 Å². The molecule has 0 unspecified atom stereocenters. The average Bonchev–Trinajstić information content (AvgIpc) is 2.61. The number of hydrogen-bond donors (Lipinski definition) is 0. The minimum absolute atomic E-state index is 0.275. The molecule has 118 valence electrons. The molecule has 0 aliphatic carbocycles. The summed E-state index contributed by atoms with van der Waals surface area (Å²) in [6, 6.07) is 2.11. The number of anilines is 1. The summed E-state index contributed by atoms with van der Waals surface area (Å²) in [5, 5.41) is 9.11. The van der Waals surface area contributed by atoms with Crippen LogP contribution in [0.1, 0.15) is 37.8 Å². The van der Waals surface area contributed by atoms with Crippen molar-refractivity contribution in [1.29, 1.82) is 5.26 Å². The predicted molar refractivity (Wildman–Crippen MR) is 81.5 cm³/mol. The van der Waals surface area contributed by atoms with E-state index >= 15 is 0 Å². The molecule has 3 rings (SSSR count). The molecule has 3 heterocycles. The Labute approximate surface area is 131 Å². The van der Waals surface area contributed by atoms with Gasteiger partial charge in [-0.05, 0) is 32.1 Å². The molecule has 0 amide bonds. The van der Waals surface area contributed by atoms with Crippen LogP contribution in [0.4, 0.5) is 5.82 Å². The highest BCUT2D eigenvalue weighted by molar-refractivity contribution is 5.49. The smallest absolute Gasteiger partial charge is 0.183 e. The van der Waals surface area contributed by atoms with Crippen molar-refractivity contribution in [3.63, 3.8) is 0 Å². The Balaban J connectivity index is 1.47. The van der Waals surface area contributed by atoms with Crippen LogP contribution in [0.3, 0.4) is 0 Å². The Bertz CT molecular complexity index is 517. The summed E-state index contributed by atoms with van der Waals surface area (Å²) in [6.45, 7) is 3.28. The van der Waals surface area contributed by atoms with E-state index in [9.17, 15) is 0 Å². The Morgan fingerprint density at radius 2 is 2.05 bits per heavy atom. The minimum Gasteiger partial charge on any atom is -0.376 e. The first-order valence-corrected chi connectivity index (χ1v) is 8.06. The van der Waals surface area contributed by atoms with Gasteiger partial charge >= 0.3 is 0 Å². The van der Waals surface area contributed by atoms with Crippen molar-refractivity contribution in [3.8, 4) is 6.07 Å². The summed E-state index contributed by atoms with van der Waals surface area (Å²) < 4.78 is 11.7. The molecule has 1 atom stereocenters. The van der Waals surface area contributed by atoms with Crippen molar-refractivity contribution in [2.24, 2.45) is 0 Å². The lowest BCUT2D eigenvalue weighted by molar-refractivity contribution is -0.0672. The first-order valence-electron chi connectivity index (χ1n) is 8.06. The molecule has 0 radical (unpaired) electrons. The fourth-order valence-electron chi connectivity index (χ4n) is 3.06. The van der Waals surface area contributed by atoms with Crippen LogP contribution >= 0.6 is 0 Å². The number of hydrogen-bond acceptors (Lipinski definition) is 6. The molecule has 1 aromatic heterocycles. The third-order valence-electron chi connectivity index (χ3n) is 4.32. The van der Waals surface area contributed by atoms with Crippen LogP contribution in [0.2, 0.25) is 0 Å². The van der Waals surface area contributed by atoms with E-state index in [2.05, 4.69) is 20.9 Å². The number of nitriles is 1. The third kappa shape index (κ3) is 3.73. The summed E-state index contributed by atoms with van der Waals surface area (Å²) in [5.41, 5.74) is 0.400. The van der Waals surface area contributed by atoms with Crippen LogP contribution in [0.25, 0.3) is 0 Å². The molecular formula is C16H22N4O2. The molecule has 0 saturated carbocycles. The van der Waals surface area contributed by atoms with Gasteiger partial charge in [-0.25, -0.2) is 9.97 Å². The fourth-order valence-corrected chi connectivity index (χ4v) is 3.06. The van der Waals surface area contributed by atoms with Crippen molar-refractivity contribution < 1.29 is 9.47 Å². The zero-order chi connectivity index (χ0) is 15.2. The van der Waals surface area contributed by atoms with Gasteiger partial charge in [0.2, 0.25) is 0 Å². The number of rotatable bonds is 4. The van der Waals surface area contributed by atoms with Crippen molar-refractivity contribution in [2.75, 3.05) is 31.2 Å². The molecule has 22 heavy (non-hydrogen) atoms. The molecule has 2 fully saturated rings. The van der Waals surface area contributed by atoms with Gasteiger partial charge in [0.15, 0.2) is 11.5 Å². The predicted octanol–water partition coefficient (Wildman–Crippen LogP) is 1.90. The topological polar surface area (TPSA) is 71.3 Å². The van der Waals surface area contributed by atoms with Gasteiger partial charge in [-0.2, -0.15) is 5.26 Å². The van der Waals surface area contributed by atoms with Crippen LogP contribution in [0, 0.1) is 11.3 Å². The van der Waals surface area contributed by atoms with Crippen LogP contribution in [-0.2, 0) is 9.47 Å². The van der Waals surface area contributed by atoms with Crippen LogP contribution in [-0.4, -0.2) is 48.5 Å². The standard InChI is InChI=1S/C16H22N4O2/c17-11-15-16(19-7-6-18-15)20-8-4-13(5-9-20)22-12-14-3-1-2-10-21-14/h6-7,13-14H,1-5,8-10,12H2/t14-/m1/s1. The number of piperidine rings is 1. The lowest BCUT2D eigenvalue weighted by Crippen LogP contribution is -2.39. The summed E-state index contributed by atoms with van der Waals surface area (Å²) in [6.07, 6.45) is 9.19. The quantitative estimate of drug-likeness (QED) is 0.846. The molecule has 0 spiro atoms. The average molecular weight is 302 g/mol. The van der Waals surface area contributed by atoms with Gasteiger partial charge in [-0.15, -0.1) is 0 Å². The van der Waals surface area contributed by atoms with Gasteiger partial charge in [0.05, 0.1) is 18.8 Å². The molecule has 2 saturated heterocycles. The molecule has 0 N–H and O–H groups in total. The van der Waals surface area contributed by atoms with E-state index < -0.39 is 0 Å². The van der Waals surface area contributed by atoms with Crippen LogP contribution in [0.5, 0.6) is 0 Å². The molecule has 6 nitrogen and oxygen atoms in total. The molecular weight excluding hydrogens is 280 g/mol. The van der Waals surface area contributed by atoms with Gasteiger partial charge in [0, 0.05) is 32.1 Å². The number of ether oxygens (including phenoxy) is 2. The highest BCUT2D eigenvalue weighted by Crippen LogP contribution is 2.22. The maximum atomic E-state index is 9.11. The second kappa shape index (κ2) is 7.52. The largest absolute Gasteiger partial charge is 0.376 e. The maximum absolute atomic E-state index is 9.11. The Hall–Kier alpha value is -1.71. The van der Waals surface area contributed by atoms with Gasteiger partial charge in [0.1, 0.15) is 6.07 Å². The zero-order valence-corrected chi connectivity index (χ0v) is 12.8. The summed E-state index contributed by atoms with van der Waals surface area (Å²) in [5.74, 6) is 0.694. The molecule has 1 aromatic rings. The van der Waals surface area contributed by atoms with Gasteiger partial charge in [-0.1, -0.05) is 0 Å². The molecule has 2 aliphatic rings. The Morgan fingerprint density at radius 3 is 2.77 bits per heavy atom. The van der Waals surface area contributed by atoms with E-state index in [1.807, 2.05) is 0 Å². The third-order valence-corrected chi connectivity index (χ3v) is 4.32. The zero-order valence-electron chi connectivity index (χ0n) is 12.8. The minimum atomic E-state index is 0.275. The van der Waals surface area contributed by atoms with Crippen molar-refractivity contribution >= 4 is 5.82 Å². The number of nitrogens with zero attached hydrogens (tertiary/aromatic N) is 4. The second-order valence-corrected chi connectivity index (χ2v) is 5.85. The van der Waals surface area contributed by atoms with E-state index in [-0.39, 0.29) is 12.2 Å². The van der Waals surface area contributed by atoms with Crippen molar-refractivity contribution in [3.05, 3.63) is 18.1 Å². The lowest BCUT2D eigenvalue weighted by Gasteiger charge is -2.33. The summed E-state index contributed by atoms with van der Waals surface area (Å²) in [7, 11) is 0. The monoisotopic (exact) mass is 302 g/mol. The summed E-state index contributed by atoms with van der Waals surface area (Å²) in [4.78, 5) is 10.5. The van der Waals surface area contributed by atoms with Crippen molar-refractivity contribution in [2.45, 2.75) is 44.3 Å². The first-order chi connectivity index (χ1) is 10.9. The van der Waals surface area contributed by atoms with E-state index in [1.165, 1.54) is 12.8 Å². The van der Waals surface area contributed by atoms with Gasteiger partial charge < -0.3 is 14.4 Å². The summed E-state index contributed by atoms with van der Waals surface area (Å²) >= 11 is 0. The highest BCUT2D eigenvalue weighted by atomic mass is 16.5. The van der Waals surface area contributed by atoms with E-state index in [1.54, 1.807) is 12.4 Å². The van der Waals surface area contributed by atoms with E-state index in [0.29, 0.717) is 18.1 Å². The SMILES string of the molecule is N#Cc1nccnc1N1CCC(OC[C@H]2CCCCO2)CC1. The van der Waals surface area contributed by atoms with Gasteiger partial charge in [0.25, 0.3) is 0 Å². The van der Waals surface area contributed by atoms with Gasteiger partial charge in [-0.3, -0.25) is 0 Å². The number of aromatic nitrogens is 2. The molecule has 2 aliphatic heterocycles. The second-order valence-electron chi connectivity index (χ2n) is 5.85. The van der Waals surface area contributed by atoms with Crippen molar-refractivity contribution in [1.82, 2.24) is 9.97 Å². The Kier molecular flexibility index (Phi) is 5.20. The van der Waals surface area contributed by atoms with E-state index in [0.717, 1.165) is 39.0 Å². The molecule has 0 bridgehead atoms. The lowest BCUT2D eigenvalue weighted by atomic mass is 10.1. The van der Waals surface area contributed by atoms with Crippen LogP contribution in [0.15, 0.2) is 12.4 Å². The molecule has 0 aromatic carbocycles. The van der Waals surface area contributed by atoms with Crippen LogP contribution < -0.4 is 4.90 Å². The molecule has 6 heteroatoms. The maximum Gasteiger partial charge on any atom is 0.183 e. The Morgan fingerprint density at radius 1 is 1.23 bits per heavy atom.